The zero-order valence-corrected chi connectivity index (χ0v) is 14.6. The lowest BCUT2D eigenvalue weighted by Crippen LogP contribution is -2.37. The minimum absolute atomic E-state index is 0.221. The van der Waals surface area contributed by atoms with Gasteiger partial charge in [-0.25, -0.2) is 4.98 Å². The molecule has 0 N–H and O–H groups in total. The summed E-state index contributed by atoms with van der Waals surface area (Å²) < 4.78 is 2.19. The fourth-order valence-corrected chi connectivity index (χ4v) is 3.42. The molecule has 0 radical (unpaired) electrons. The molecule has 0 saturated heterocycles. The summed E-state index contributed by atoms with van der Waals surface area (Å²) in [6.45, 7) is 3.32. The molecule has 1 aliphatic rings. The minimum atomic E-state index is 0.221. The molecule has 0 spiro atoms. The molecule has 2 aromatic rings. The molecular formula is C19H26N4O. The first-order chi connectivity index (χ1) is 11.6. The van der Waals surface area contributed by atoms with Crippen molar-refractivity contribution in [1.82, 2.24) is 19.4 Å². The summed E-state index contributed by atoms with van der Waals surface area (Å²) in [5, 5.41) is 0. The number of aromatic nitrogens is 2. The summed E-state index contributed by atoms with van der Waals surface area (Å²) in [6.07, 6.45) is 5.21. The molecule has 0 saturated carbocycles. The number of nitrogens with zero attached hydrogens (tertiary/aromatic N) is 4. The predicted molar refractivity (Wildman–Crippen MR) is 94.5 cm³/mol. The Kier molecular flexibility index (Phi) is 5.30. The van der Waals surface area contributed by atoms with Crippen molar-refractivity contribution in [2.45, 2.75) is 25.9 Å². The molecule has 0 unspecified atom stereocenters. The average molecular weight is 326 g/mol. The van der Waals surface area contributed by atoms with Crippen molar-refractivity contribution in [1.29, 1.82) is 0 Å². The Balaban J connectivity index is 1.67. The molecular weight excluding hydrogens is 300 g/mol. The van der Waals surface area contributed by atoms with Gasteiger partial charge in [-0.15, -0.1) is 0 Å². The molecule has 0 bridgehead atoms. The third-order valence-electron chi connectivity index (χ3n) is 4.51. The third-order valence-corrected chi connectivity index (χ3v) is 4.51. The van der Waals surface area contributed by atoms with Gasteiger partial charge in [-0.2, -0.15) is 0 Å². The van der Waals surface area contributed by atoms with Gasteiger partial charge in [-0.3, -0.25) is 4.79 Å². The van der Waals surface area contributed by atoms with Gasteiger partial charge in [-0.05, 0) is 26.1 Å². The van der Waals surface area contributed by atoms with Crippen LogP contribution >= 0.6 is 0 Å². The number of carbonyl (C=O) groups is 1. The summed E-state index contributed by atoms with van der Waals surface area (Å²) in [5.74, 6) is 1.64. The van der Waals surface area contributed by atoms with E-state index < -0.39 is 0 Å². The Morgan fingerprint density at radius 3 is 2.79 bits per heavy atom. The zero-order valence-electron chi connectivity index (χ0n) is 14.6. The molecule has 2 heterocycles. The second-order valence-corrected chi connectivity index (χ2v) is 6.88. The Morgan fingerprint density at radius 1 is 1.25 bits per heavy atom. The Bertz CT molecular complexity index is 665. The molecule has 0 aliphatic carbocycles. The summed E-state index contributed by atoms with van der Waals surface area (Å²) in [5.41, 5.74) is 1.21. The highest BCUT2D eigenvalue weighted by Gasteiger charge is 2.25. The van der Waals surface area contributed by atoms with Crippen molar-refractivity contribution < 1.29 is 4.79 Å². The van der Waals surface area contributed by atoms with Crippen LogP contribution in [-0.2, 0) is 24.3 Å². The van der Waals surface area contributed by atoms with Crippen LogP contribution in [0.25, 0.3) is 0 Å². The standard InChI is InChI=1S/C19H26N4O/c1-21(2)12-17-13-22-11-10-20-18(22)15-23(14-17)19(24)9-8-16-6-4-3-5-7-16/h3-7,10-11,17H,8-9,12-15H2,1-2H3/t17-/m1/s1. The van der Waals surface area contributed by atoms with E-state index in [9.17, 15) is 4.79 Å². The van der Waals surface area contributed by atoms with Crippen LogP contribution in [-0.4, -0.2) is 52.4 Å². The first-order valence-corrected chi connectivity index (χ1v) is 8.58. The molecule has 5 nitrogen and oxygen atoms in total. The monoisotopic (exact) mass is 326 g/mol. The highest BCUT2D eigenvalue weighted by atomic mass is 16.2. The summed E-state index contributed by atoms with van der Waals surface area (Å²) in [4.78, 5) is 21.4. The van der Waals surface area contributed by atoms with Crippen molar-refractivity contribution >= 4 is 5.91 Å². The zero-order chi connectivity index (χ0) is 16.9. The Hall–Kier alpha value is -2.14. The number of hydrogen-bond acceptors (Lipinski definition) is 3. The molecule has 3 rings (SSSR count). The maximum atomic E-state index is 12.8. The van der Waals surface area contributed by atoms with E-state index in [4.69, 9.17) is 0 Å². The van der Waals surface area contributed by atoms with Gasteiger partial charge in [0, 0.05) is 44.4 Å². The summed E-state index contributed by atoms with van der Waals surface area (Å²) >= 11 is 0. The van der Waals surface area contributed by atoms with Crippen molar-refractivity contribution in [3.05, 3.63) is 54.1 Å². The molecule has 24 heavy (non-hydrogen) atoms. The number of fused-ring (bicyclic) bond motifs is 1. The molecule has 128 valence electrons. The van der Waals surface area contributed by atoms with E-state index in [-0.39, 0.29) is 5.91 Å². The lowest BCUT2D eigenvalue weighted by atomic mass is 10.1. The maximum absolute atomic E-state index is 12.8. The van der Waals surface area contributed by atoms with E-state index in [1.807, 2.05) is 35.5 Å². The number of imidazole rings is 1. The summed E-state index contributed by atoms with van der Waals surface area (Å²) in [6, 6.07) is 10.2. The SMILES string of the molecule is CN(C)C[C@H]1CN(C(=O)CCc2ccccc2)Cc2nccn2C1. The molecule has 1 aliphatic heterocycles. The van der Waals surface area contributed by atoms with Crippen molar-refractivity contribution in [2.75, 3.05) is 27.2 Å². The van der Waals surface area contributed by atoms with E-state index in [1.165, 1.54) is 5.56 Å². The smallest absolute Gasteiger partial charge is 0.223 e. The molecule has 1 aromatic heterocycles. The summed E-state index contributed by atoms with van der Waals surface area (Å²) in [7, 11) is 4.17. The normalized spacial score (nSPS) is 17.6. The number of benzene rings is 1. The van der Waals surface area contributed by atoms with Crippen LogP contribution in [0.1, 0.15) is 17.8 Å². The van der Waals surface area contributed by atoms with Gasteiger partial charge in [0.15, 0.2) is 0 Å². The van der Waals surface area contributed by atoms with Gasteiger partial charge in [-0.1, -0.05) is 30.3 Å². The van der Waals surface area contributed by atoms with Gasteiger partial charge in [0.25, 0.3) is 0 Å². The lowest BCUT2D eigenvalue weighted by molar-refractivity contribution is -0.132. The van der Waals surface area contributed by atoms with Gasteiger partial charge >= 0.3 is 0 Å². The number of carbonyl (C=O) groups excluding carboxylic acids is 1. The van der Waals surface area contributed by atoms with Crippen molar-refractivity contribution in [2.24, 2.45) is 5.92 Å². The van der Waals surface area contributed by atoms with Crippen LogP contribution in [0.15, 0.2) is 42.7 Å². The van der Waals surface area contributed by atoms with Gasteiger partial charge in [0.1, 0.15) is 5.82 Å². The van der Waals surface area contributed by atoms with E-state index in [2.05, 4.69) is 40.7 Å². The van der Waals surface area contributed by atoms with E-state index >= 15 is 0 Å². The Morgan fingerprint density at radius 2 is 2.04 bits per heavy atom. The van der Waals surface area contributed by atoms with Crippen LogP contribution in [0, 0.1) is 5.92 Å². The van der Waals surface area contributed by atoms with E-state index in [1.54, 1.807) is 0 Å². The Labute approximate surface area is 143 Å². The van der Waals surface area contributed by atoms with Gasteiger partial charge < -0.3 is 14.4 Å². The van der Waals surface area contributed by atoms with Crippen LogP contribution < -0.4 is 0 Å². The van der Waals surface area contributed by atoms with Crippen molar-refractivity contribution in [3.63, 3.8) is 0 Å². The highest BCUT2D eigenvalue weighted by molar-refractivity contribution is 5.76. The molecule has 1 amide bonds. The number of amides is 1. The lowest BCUT2D eigenvalue weighted by Gasteiger charge is -2.26. The number of hydrogen-bond donors (Lipinski definition) is 0. The van der Waals surface area contributed by atoms with Crippen LogP contribution in [0.2, 0.25) is 0 Å². The van der Waals surface area contributed by atoms with Gasteiger partial charge in [0.2, 0.25) is 5.91 Å². The maximum Gasteiger partial charge on any atom is 0.223 e. The first-order valence-electron chi connectivity index (χ1n) is 8.58. The van der Waals surface area contributed by atoms with Crippen LogP contribution in [0.4, 0.5) is 0 Å². The quantitative estimate of drug-likeness (QED) is 0.844. The molecule has 1 aromatic carbocycles. The fraction of sp³-hybridized carbons (Fsp3) is 0.474. The molecule has 0 fully saturated rings. The van der Waals surface area contributed by atoms with Gasteiger partial charge in [0.05, 0.1) is 6.54 Å². The average Bonchev–Trinajstić information content (AvgIpc) is 2.92. The number of aryl methyl sites for hydroxylation is 1. The fourth-order valence-electron chi connectivity index (χ4n) is 3.42. The second kappa shape index (κ2) is 7.62. The third kappa shape index (κ3) is 4.23. The van der Waals surface area contributed by atoms with Crippen LogP contribution in [0.3, 0.4) is 0 Å². The van der Waals surface area contributed by atoms with Crippen molar-refractivity contribution in [3.8, 4) is 0 Å². The van der Waals surface area contributed by atoms with E-state index in [0.29, 0.717) is 18.9 Å². The van der Waals surface area contributed by atoms with E-state index in [0.717, 1.165) is 31.9 Å². The first kappa shape index (κ1) is 16.7. The van der Waals surface area contributed by atoms with Crippen LogP contribution in [0.5, 0.6) is 0 Å². The molecule has 5 heteroatoms. The largest absolute Gasteiger partial charge is 0.335 e. The topological polar surface area (TPSA) is 41.4 Å². The second-order valence-electron chi connectivity index (χ2n) is 6.88. The number of rotatable bonds is 5. The highest BCUT2D eigenvalue weighted by Crippen LogP contribution is 2.17. The predicted octanol–water partition coefficient (Wildman–Crippen LogP) is 2.04. The molecule has 1 atom stereocenters. The minimum Gasteiger partial charge on any atom is -0.335 e.